The Labute approximate surface area is 153 Å². The van der Waals surface area contributed by atoms with Crippen LogP contribution in [0, 0.1) is 0 Å². The molecule has 0 atom stereocenters. The first-order valence-electron chi connectivity index (χ1n) is 7.63. The molecule has 2 rings (SSSR count). The second-order valence-corrected chi connectivity index (χ2v) is 6.33. The van der Waals surface area contributed by atoms with Crippen LogP contribution in [0.1, 0.15) is 24.8 Å². The van der Waals surface area contributed by atoms with Gasteiger partial charge in [-0.15, -0.1) is 12.4 Å². The molecule has 130 valence electrons. The van der Waals surface area contributed by atoms with Crippen LogP contribution in [0.4, 0.5) is 0 Å². The van der Waals surface area contributed by atoms with Crippen molar-refractivity contribution in [1.29, 1.82) is 0 Å². The highest BCUT2D eigenvalue weighted by molar-refractivity contribution is 6.42. The fraction of sp³-hybridized carbons (Fsp3) is 0.562. The third kappa shape index (κ3) is 6.48. The lowest BCUT2D eigenvalue weighted by Crippen LogP contribution is -2.41. The van der Waals surface area contributed by atoms with E-state index in [1.165, 1.54) is 0 Å². The van der Waals surface area contributed by atoms with Crippen LogP contribution in [-0.4, -0.2) is 43.2 Å². The van der Waals surface area contributed by atoms with Crippen molar-refractivity contribution in [3.63, 3.8) is 0 Å². The number of carbonyl (C=O) groups excluding carboxylic acids is 1. The molecule has 1 aliphatic rings. The third-order valence-electron chi connectivity index (χ3n) is 3.84. The minimum Gasteiger partial charge on any atom is -0.378 e. The summed E-state index contributed by atoms with van der Waals surface area (Å²) in [6, 6.07) is 5.32. The molecule has 0 aromatic heterocycles. The Morgan fingerprint density at radius 3 is 2.57 bits per heavy atom. The van der Waals surface area contributed by atoms with Crippen LogP contribution >= 0.6 is 35.6 Å². The molecule has 0 unspecified atom stereocenters. The van der Waals surface area contributed by atoms with Crippen LogP contribution < -0.4 is 5.73 Å². The van der Waals surface area contributed by atoms with Crippen LogP contribution in [0.2, 0.25) is 10.0 Å². The summed E-state index contributed by atoms with van der Waals surface area (Å²) in [6.45, 7) is 2.85. The molecule has 1 fully saturated rings. The van der Waals surface area contributed by atoms with E-state index in [0.29, 0.717) is 29.6 Å². The number of halogens is 3. The molecule has 23 heavy (non-hydrogen) atoms. The molecule has 0 bridgehead atoms. The first-order chi connectivity index (χ1) is 10.6. The van der Waals surface area contributed by atoms with Crippen LogP contribution in [0.3, 0.4) is 0 Å². The van der Waals surface area contributed by atoms with Crippen molar-refractivity contribution in [2.45, 2.75) is 31.8 Å². The molecule has 2 N–H and O–H groups in total. The number of amides is 1. The molecule has 1 aliphatic heterocycles. The SMILES string of the molecule is Cl.NCCCOC1CCN(C(=O)Cc2ccc(Cl)c(Cl)c2)CC1. The smallest absolute Gasteiger partial charge is 0.226 e. The number of nitrogens with two attached hydrogens (primary N) is 1. The zero-order valence-electron chi connectivity index (χ0n) is 13.0. The molecule has 0 radical (unpaired) electrons. The van der Waals surface area contributed by atoms with Crippen molar-refractivity contribution < 1.29 is 9.53 Å². The van der Waals surface area contributed by atoms with E-state index in [0.717, 1.165) is 37.9 Å². The second-order valence-electron chi connectivity index (χ2n) is 5.52. The Hall–Kier alpha value is -0.520. The number of carbonyl (C=O) groups is 1. The topological polar surface area (TPSA) is 55.6 Å². The van der Waals surface area contributed by atoms with Crippen molar-refractivity contribution in [2.24, 2.45) is 5.73 Å². The Bertz CT molecular complexity index is 506. The number of ether oxygens (including phenoxy) is 1. The van der Waals surface area contributed by atoms with Gasteiger partial charge in [-0.2, -0.15) is 0 Å². The van der Waals surface area contributed by atoms with E-state index in [1.807, 2.05) is 11.0 Å². The highest BCUT2D eigenvalue weighted by Gasteiger charge is 2.23. The van der Waals surface area contributed by atoms with Crippen LogP contribution in [-0.2, 0) is 16.0 Å². The van der Waals surface area contributed by atoms with E-state index >= 15 is 0 Å². The van der Waals surface area contributed by atoms with Gasteiger partial charge in [0.05, 0.1) is 22.6 Å². The fourth-order valence-electron chi connectivity index (χ4n) is 2.54. The summed E-state index contributed by atoms with van der Waals surface area (Å²) in [5, 5.41) is 0.993. The molecule has 1 aromatic rings. The van der Waals surface area contributed by atoms with Gasteiger partial charge in [0.15, 0.2) is 0 Å². The van der Waals surface area contributed by atoms with Gasteiger partial charge in [0.1, 0.15) is 0 Å². The highest BCUT2D eigenvalue weighted by atomic mass is 35.5. The maximum atomic E-state index is 12.3. The van der Waals surface area contributed by atoms with E-state index < -0.39 is 0 Å². The van der Waals surface area contributed by atoms with Crippen molar-refractivity contribution in [1.82, 2.24) is 4.90 Å². The molecule has 0 saturated carbocycles. The van der Waals surface area contributed by atoms with E-state index in [-0.39, 0.29) is 24.4 Å². The van der Waals surface area contributed by atoms with Crippen molar-refractivity contribution in [2.75, 3.05) is 26.2 Å². The molecule has 4 nitrogen and oxygen atoms in total. The van der Waals surface area contributed by atoms with Gasteiger partial charge in [0.25, 0.3) is 0 Å². The predicted molar refractivity (Wildman–Crippen MR) is 96.6 cm³/mol. The molecule has 0 spiro atoms. The number of piperidine rings is 1. The largest absolute Gasteiger partial charge is 0.378 e. The summed E-state index contributed by atoms with van der Waals surface area (Å²) in [4.78, 5) is 14.2. The molecule has 1 aromatic carbocycles. The molecule has 1 amide bonds. The molecular formula is C16H23Cl3N2O2. The Morgan fingerprint density at radius 2 is 1.96 bits per heavy atom. The molecule has 1 heterocycles. The maximum Gasteiger partial charge on any atom is 0.226 e. The van der Waals surface area contributed by atoms with E-state index in [9.17, 15) is 4.79 Å². The Balaban J connectivity index is 0.00000264. The van der Waals surface area contributed by atoms with E-state index in [2.05, 4.69) is 0 Å². The van der Waals surface area contributed by atoms with Crippen LogP contribution in [0.15, 0.2) is 18.2 Å². The third-order valence-corrected chi connectivity index (χ3v) is 4.58. The summed E-state index contributed by atoms with van der Waals surface area (Å²) >= 11 is 11.9. The van der Waals surface area contributed by atoms with Gasteiger partial charge in [-0.3, -0.25) is 4.79 Å². The van der Waals surface area contributed by atoms with Crippen LogP contribution in [0.25, 0.3) is 0 Å². The number of hydrogen-bond donors (Lipinski definition) is 1. The van der Waals surface area contributed by atoms with Gasteiger partial charge in [0, 0.05) is 19.7 Å². The summed E-state index contributed by atoms with van der Waals surface area (Å²) in [6.07, 6.45) is 3.27. The number of benzene rings is 1. The number of hydrogen-bond acceptors (Lipinski definition) is 3. The lowest BCUT2D eigenvalue weighted by molar-refractivity contribution is -0.133. The van der Waals surface area contributed by atoms with Crippen molar-refractivity contribution in [3.8, 4) is 0 Å². The normalized spacial score (nSPS) is 15.3. The Kier molecular flexibility index (Phi) is 9.25. The summed E-state index contributed by atoms with van der Waals surface area (Å²) in [5.74, 6) is 0.124. The minimum atomic E-state index is 0. The highest BCUT2D eigenvalue weighted by Crippen LogP contribution is 2.23. The van der Waals surface area contributed by atoms with Crippen molar-refractivity contribution >= 4 is 41.5 Å². The first-order valence-corrected chi connectivity index (χ1v) is 8.39. The average Bonchev–Trinajstić information content (AvgIpc) is 2.52. The van der Waals surface area contributed by atoms with Gasteiger partial charge >= 0.3 is 0 Å². The molecule has 1 saturated heterocycles. The summed E-state index contributed by atoms with van der Waals surface area (Å²) in [5.41, 5.74) is 6.34. The number of nitrogens with zero attached hydrogens (tertiary/aromatic N) is 1. The lowest BCUT2D eigenvalue weighted by Gasteiger charge is -2.32. The summed E-state index contributed by atoms with van der Waals surface area (Å²) < 4.78 is 5.75. The first kappa shape index (κ1) is 20.5. The van der Waals surface area contributed by atoms with Gasteiger partial charge in [-0.05, 0) is 43.5 Å². The van der Waals surface area contributed by atoms with E-state index in [4.69, 9.17) is 33.7 Å². The number of likely N-dealkylation sites (tertiary alicyclic amines) is 1. The quantitative estimate of drug-likeness (QED) is 0.769. The van der Waals surface area contributed by atoms with Crippen molar-refractivity contribution in [3.05, 3.63) is 33.8 Å². The molecular weight excluding hydrogens is 359 g/mol. The average molecular weight is 382 g/mol. The predicted octanol–water partition coefficient (Wildman–Crippen LogP) is 3.31. The Morgan fingerprint density at radius 1 is 1.26 bits per heavy atom. The fourth-order valence-corrected chi connectivity index (χ4v) is 2.86. The van der Waals surface area contributed by atoms with Gasteiger partial charge in [0.2, 0.25) is 5.91 Å². The van der Waals surface area contributed by atoms with Gasteiger partial charge < -0.3 is 15.4 Å². The van der Waals surface area contributed by atoms with E-state index in [1.54, 1.807) is 12.1 Å². The monoisotopic (exact) mass is 380 g/mol. The molecule has 0 aliphatic carbocycles. The minimum absolute atomic E-state index is 0. The van der Waals surface area contributed by atoms with Gasteiger partial charge in [-0.1, -0.05) is 29.3 Å². The lowest BCUT2D eigenvalue weighted by atomic mass is 10.1. The maximum absolute atomic E-state index is 12.3. The zero-order valence-corrected chi connectivity index (χ0v) is 15.3. The zero-order chi connectivity index (χ0) is 15.9. The number of rotatable bonds is 6. The van der Waals surface area contributed by atoms with Gasteiger partial charge in [-0.25, -0.2) is 0 Å². The summed E-state index contributed by atoms with van der Waals surface area (Å²) in [7, 11) is 0. The molecule has 7 heteroatoms. The second kappa shape index (κ2) is 10.4. The standard InChI is InChI=1S/C16H22Cl2N2O2.ClH/c17-14-3-2-12(10-15(14)18)11-16(21)20-7-4-13(5-8-20)22-9-1-6-19;/h2-3,10,13H,1,4-9,11,19H2;1H. The van der Waals surface area contributed by atoms with Crippen LogP contribution in [0.5, 0.6) is 0 Å².